The van der Waals surface area contributed by atoms with Gasteiger partial charge in [-0.25, -0.2) is 0 Å². The maximum Gasteiger partial charge on any atom is 0.175 e. The Morgan fingerprint density at radius 2 is 1.60 bits per heavy atom. The van der Waals surface area contributed by atoms with E-state index >= 15 is 0 Å². The summed E-state index contributed by atoms with van der Waals surface area (Å²) in [5.74, 6) is 1.96. The van der Waals surface area contributed by atoms with Crippen molar-refractivity contribution in [3.05, 3.63) is 77.9 Å². The van der Waals surface area contributed by atoms with Crippen molar-refractivity contribution in [3.8, 4) is 0 Å². The number of rotatable bonds is 8. The zero-order valence-electron chi connectivity index (χ0n) is 14.1. The SMILES string of the molecule is C=C(C)c1ccc(CCSc2nnc(SCc3ccccc3)s2)cc1. The van der Waals surface area contributed by atoms with Gasteiger partial charge in [-0.05, 0) is 30.0 Å². The van der Waals surface area contributed by atoms with Crippen LogP contribution in [0.4, 0.5) is 0 Å². The van der Waals surface area contributed by atoms with E-state index in [2.05, 4.69) is 65.3 Å². The Labute approximate surface area is 161 Å². The fourth-order valence-corrected chi connectivity index (χ4v) is 5.28. The minimum atomic E-state index is 0.940. The molecule has 2 nitrogen and oxygen atoms in total. The molecule has 0 atom stereocenters. The molecule has 0 amide bonds. The van der Waals surface area contributed by atoms with E-state index in [0.717, 1.165) is 32.2 Å². The van der Waals surface area contributed by atoms with Gasteiger partial charge in [-0.2, -0.15) is 0 Å². The number of aryl methyl sites for hydroxylation is 1. The smallest absolute Gasteiger partial charge is 0.131 e. The number of nitrogens with zero attached hydrogens (tertiary/aromatic N) is 2. The first-order valence-corrected chi connectivity index (χ1v) is 10.9. The fraction of sp³-hybridized carbons (Fsp3) is 0.200. The van der Waals surface area contributed by atoms with Crippen LogP contribution in [0.15, 0.2) is 69.9 Å². The summed E-state index contributed by atoms with van der Waals surface area (Å²) in [6.07, 6.45) is 1.03. The third-order valence-electron chi connectivity index (χ3n) is 3.66. The number of thioether (sulfide) groups is 2. The van der Waals surface area contributed by atoms with Gasteiger partial charge in [0.2, 0.25) is 0 Å². The molecule has 3 aromatic rings. The van der Waals surface area contributed by atoms with Gasteiger partial charge in [0, 0.05) is 11.5 Å². The topological polar surface area (TPSA) is 25.8 Å². The standard InChI is InChI=1S/C20H20N2S3/c1-15(2)18-10-8-16(9-11-18)12-13-23-19-21-22-20(25-19)24-14-17-6-4-3-5-7-17/h3-11H,1,12-14H2,2H3. The molecular weight excluding hydrogens is 364 g/mol. The number of allylic oxidation sites excluding steroid dienone is 1. The molecule has 0 aliphatic rings. The molecule has 128 valence electrons. The van der Waals surface area contributed by atoms with E-state index < -0.39 is 0 Å². The van der Waals surface area contributed by atoms with E-state index in [-0.39, 0.29) is 0 Å². The van der Waals surface area contributed by atoms with Crippen LogP contribution < -0.4 is 0 Å². The van der Waals surface area contributed by atoms with Crippen molar-refractivity contribution in [1.82, 2.24) is 10.2 Å². The Morgan fingerprint density at radius 3 is 2.28 bits per heavy atom. The zero-order valence-corrected chi connectivity index (χ0v) is 16.6. The van der Waals surface area contributed by atoms with Crippen LogP contribution in [-0.2, 0) is 12.2 Å². The molecule has 0 fully saturated rings. The van der Waals surface area contributed by atoms with Crippen molar-refractivity contribution < 1.29 is 0 Å². The third kappa shape index (κ3) is 5.73. The van der Waals surface area contributed by atoms with E-state index in [0.29, 0.717) is 0 Å². The second kappa shape index (κ2) is 9.22. The molecule has 0 radical (unpaired) electrons. The largest absolute Gasteiger partial charge is 0.175 e. The molecule has 0 saturated heterocycles. The molecule has 5 heteroatoms. The van der Waals surface area contributed by atoms with Crippen LogP contribution in [-0.4, -0.2) is 16.0 Å². The first-order chi connectivity index (χ1) is 12.2. The van der Waals surface area contributed by atoms with Crippen molar-refractivity contribution >= 4 is 40.4 Å². The van der Waals surface area contributed by atoms with Crippen LogP contribution in [0.1, 0.15) is 23.6 Å². The summed E-state index contributed by atoms with van der Waals surface area (Å²) in [5, 5.41) is 8.58. The molecule has 0 spiro atoms. The van der Waals surface area contributed by atoms with E-state index in [1.54, 1.807) is 34.9 Å². The van der Waals surface area contributed by atoms with Crippen molar-refractivity contribution in [2.45, 2.75) is 27.8 Å². The number of hydrogen-bond acceptors (Lipinski definition) is 5. The Balaban J connectivity index is 1.44. The lowest BCUT2D eigenvalue weighted by Crippen LogP contribution is -1.89. The fourth-order valence-electron chi connectivity index (χ4n) is 2.25. The van der Waals surface area contributed by atoms with Gasteiger partial charge in [-0.1, -0.05) is 102 Å². The predicted molar refractivity (Wildman–Crippen MR) is 111 cm³/mol. The first-order valence-electron chi connectivity index (χ1n) is 8.08. The second-order valence-corrected chi connectivity index (χ2v) is 9.23. The summed E-state index contributed by atoms with van der Waals surface area (Å²) in [4.78, 5) is 0. The van der Waals surface area contributed by atoms with E-state index in [9.17, 15) is 0 Å². The Hall–Kier alpha value is -1.56. The van der Waals surface area contributed by atoms with Gasteiger partial charge in [0.05, 0.1) is 0 Å². The van der Waals surface area contributed by atoms with Gasteiger partial charge in [0.15, 0.2) is 8.68 Å². The predicted octanol–water partition coefficient (Wildman–Crippen LogP) is 6.20. The monoisotopic (exact) mass is 384 g/mol. The minimum absolute atomic E-state index is 0.940. The summed E-state index contributed by atoms with van der Waals surface area (Å²) in [6, 6.07) is 19.1. The van der Waals surface area contributed by atoms with E-state index in [1.165, 1.54) is 16.7 Å². The van der Waals surface area contributed by atoms with Gasteiger partial charge in [0.25, 0.3) is 0 Å². The van der Waals surface area contributed by atoms with Crippen molar-refractivity contribution in [2.75, 3.05) is 5.75 Å². The van der Waals surface area contributed by atoms with Gasteiger partial charge >= 0.3 is 0 Å². The first kappa shape index (κ1) is 18.2. The zero-order chi connectivity index (χ0) is 17.5. The number of benzene rings is 2. The molecule has 0 bridgehead atoms. The molecule has 3 rings (SSSR count). The van der Waals surface area contributed by atoms with Crippen molar-refractivity contribution in [1.29, 1.82) is 0 Å². The molecule has 0 aliphatic heterocycles. The van der Waals surface area contributed by atoms with Crippen LogP contribution in [0.2, 0.25) is 0 Å². The molecule has 25 heavy (non-hydrogen) atoms. The highest BCUT2D eigenvalue weighted by molar-refractivity contribution is 8.02. The van der Waals surface area contributed by atoms with Crippen molar-refractivity contribution in [2.24, 2.45) is 0 Å². The molecule has 0 aliphatic carbocycles. The van der Waals surface area contributed by atoms with Gasteiger partial charge in [-0.3, -0.25) is 0 Å². The maximum absolute atomic E-state index is 4.30. The van der Waals surface area contributed by atoms with Gasteiger partial charge in [-0.15, -0.1) is 10.2 Å². The van der Waals surface area contributed by atoms with E-state index in [1.807, 2.05) is 13.0 Å². The van der Waals surface area contributed by atoms with E-state index in [4.69, 9.17) is 0 Å². The Morgan fingerprint density at radius 1 is 0.920 bits per heavy atom. The van der Waals surface area contributed by atoms with Crippen LogP contribution in [0.3, 0.4) is 0 Å². The second-order valence-electron chi connectivity index (χ2n) is 5.68. The molecule has 0 N–H and O–H groups in total. The average molecular weight is 385 g/mol. The molecule has 0 saturated carbocycles. The van der Waals surface area contributed by atoms with Gasteiger partial charge in [0.1, 0.15) is 0 Å². The summed E-state index contributed by atoms with van der Waals surface area (Å²) >= 11 is 5.22. The summed E-state index contributed by atoms with van der Waals surface area (Å²) < 4.78 is 2.09. The van der Waals surface area contributed by atoms with Crippen LogP contribution in [0, 0.1) is 0 Å². The lowest BCUT2D eigenvalue weighted by Gasteiger charge is -2.03. The van der Waals surface area contributed by atoms with Crippen LogP contribution in [0.5, 0.6) is 0 Å². The lowest BCUT2D eigenvalue weighted by atomic mass is 10.1. The average Bonchev–Trinajstić information content (AvgIpc) is 3.09. The lowest BCUT2D eigenvalue weighted by molar-refractivity contribution is 0.953. The summed E-state index contributed by atoms with van der Waals surface area (Å²) in [6.45, 7) is 6.01. The van der Waals surface area contributed by atoms with Crippen LogP contribution >= 0.6 is 34.9 Å². The molecular formula is C20H20N2S3. The third-order valence-corrected chi connectivity index (χ3v) is 6.92. The molecule has 1 aromatic heterocycles. The van der Waals surface area contributed by atoms with Gasteiger partial charge < -0.3 is 0 Å². The highest BCUT2D eigenvalue weighted by Gasteiger charge is 2.06. The normalized spacial score (nSPS) is 10.8. The van der Waals surface area contributed by atoms with Crippen molar-refractivity contribution in [3.63, 3.8) is 0 Å². The summed E-state index contributed by atoms with van der Waals surface area (Å²) in [7, 11) is 0. The quantitative estimate of drug-likeness (QED) is 0.432. The minimum Gasteiger partial charge on any atom is -0.131 e. The number of hydrogen-bond donors (Lipinski definition) is 0. The number of aromatic nitrogens is 2. The molecule has 1 heterocycles. The van der Waals surface area contributed by atoms with Crippen LogP contribution in [0.25, 0.3) is 5.57 Å². The maximum atomic E-state index is 4.30. The Bertz CT molecular complexity index is 810. The Kier molecular flexibility index (Phi) is 6.73. The highest BCUT2D eigenvalue weighted by atomic mass is 32.2. The molecule has 2 aromatic carbocycles. The highest BCUT2D eigenvalue weighted by Crippen LogP contribution is 2.31. The summed E-state index contributed by atoms with van der Waals surface area (Å²) in [5.41, 5.74) is 4.98. The molecule has 0 unspecified atom stereocenters.